The Morgan fingerprint density at radius 1 is 0.886 bits per heavy atom. The molecule has 0 spiro atoms. The van der Waals surface area contributed by atoms with Gasteiger partial charge in [-0.2, -0.15) is 0 Å². The summed E-state index contributed by atoms with van der Waals surface area (Å²) in [4.78, 5) is 33.2. The average molecular weight is 466 g/mol. The zero-order chi connectivity index (χ0) is 24.3. The highest BCUT2D eigenvalue weighted by molar-refractivity contribution is 6.09. The van der Waals surface area contributed by atoms with Crippen molar-refractivity contribution in [3.8, 4) is 0 Å². The molecule has 1 heterocycles. The summed E-state index contributed by atoms with van der Waals surface area (Å²) in [6.45, 7) is 1.99. The molecule has 2 N–H and O–H groups in total. The van der Waals surface area contributed by atoms with E-state index in [9.17, 15) is 9.59 Å². The van der Waals surface area contributed by atoms with Crippen molar-refractivity contribution in [2.24, 2.45) is 0 Å². The maximum Gasteiger partial charge on any atom is 0.250 e. The van der Waals surface area contributed by atoms with Gasteiger partial charge in [0.15, 0.2) is 0 Å². The lowest BCUT2D eigenvalue weighted by molar-refractivity contribution is -0.128. The van der Waals surface area contributed by atoms with E-state index in [2.05, 4.69) is 10.3 Å². The van der Waals surface area contributed by atoms with Gasteiger partial charge < -0.3 is 10.3 Å². The summed E-state index contributed by atoms with van der Waals surface area (Å²) in [5.74, 6) is -0.176. The maximum atomic E-state index is 14.1. The molecule has 1 aliphatic carbocycles. The number of rotatable bonds is 6. The van der Waals surface area contributed by atoms with Crippen LogP contribution in [0.15, 0.2) is 85.1 Å². The third-order valence-electron chi connectivity index (χ3n) is 7.21. The number of nitrogens with one attached hydrogen (secondary N) is 2. The number of H-pyrrole nitrogens is 1. The summed E-state index contributed by atoms with van der Waals surface area (Å²) in [7, 11) is 0. The second-order valence-corrected chi connectivity index (χ2v) is 9.46. The molecule has 0 radical (unpaired) electrons. The van der Waals surface area contributed by atoms with Crippen LogP contribution in [0.25, 0.3) is 10.9 Å². The van der Waals surface area contributed by atoms with Gasteiger partial charge in [-0.3, -0.25) is 14.5 Å². The van der Waals surface area contributed by atoms with E-state index in [1.54, 1.807) is 4.90 Å². The lowest BCUT2D eigenvalue weighted by Crippen LogP contribution is -2.61. The van der Waals surface area contributed by atoms with E-state index in [0.717, 1.165) is 52.7 Å². The molecule has 1 saturated carbocycles. The minimum absolute atomic E-state index is 0.0669. The summed E-state index contributed by atoms with van der Waals surface area (Å²) in [6.07, 6.45) is 6.29. The lowest BCUT2D eigenvalue weighted by Gasteiger charge is -2.45. The number of hydrogen-bond donors (Lipinski definition) is 2. The molecular formula is C30H31N3O2. The van der Waals surface area contributed by atoms with Gasteiger partial charge in [-0.05, 0) is 55.2 Å². The number of carbonyl (C=O) groups is 2. The van der Waals surface area contributed by atoms with Crippen molar-refractivity contribution in [3.05, 3.63) is 96.2 Å². The summed E-state index contributed by atoms with van der Waals surface area (Å²) in [5.41, 5.74) is 3.57. The molecule has 0 atom stereocenters. The third kappa shape index (κ3) is 4.46. The van der Waals surface area contributed by atoms with Gasteiger partial charge in [-0.1, -0.05) is 73.9 Å². The number of aromatic nitrogens is 1. The highest BCUT2D eigenvalue weighted by Gasteiger charge is 2.47. The predicted octanol–water partition coefficient (Wildman–Crippen LogP) is 6.39. The van der Waals surface area contributed by atoms with Crippen LogP contribution >= 0.6 is 0 Å². The summed E-state index contributed by atoms with van der Waals surface area (Å²) < 4.78 is 0. The number of amides is 2. The largest absolute Gasteiger partial charge is 0.361 e. The number of fused-ring (bicyclic) bond motifs is 1. The van der Waals surface area contributed by atoms with E-state index < -0.39 is 5.54 Å². The molecule has 5 rings (SSSR count). The van der Waals surface area contributed by atoms with E-state index in [-0.39, 0.29) is 18.2 Å². The number of benzene rings is 3. The molecule has 1 aliphatic rings. The Balaban J connectivity index is 1.55. The van der Waals surface area contributed by atoms with Crippen molar-refractivity contribution >= 4 is 34.1 Å². The van der Waals surface area contributed by atoms with Gasteiger partial charge in [0, 0.05) is 28.5 Å². The molecule has 3 aromatic carbocycles. The standard InChI is InChI=1S/C30H31N3O2/c1-22-12-6-8-16-26(22)32-29(35)30(18-10-3-11-19-30)33(24-13-4-2-5-14-24)28(34)20-23-21-31-27-17-9-7-15-25(23)27/h2,4-9,12-17,21,31H,3,10-11,18-20H2,1H3,(H,32,35). The first kappa shape index (κ1) is 22.9. The number of nitrogens with zero attached hydrogens (tertiary/aromatic N) is 1. The summed E-state index contributed by atoms with van der Waals surface area (Å²) in [6, 6.07) is 25.5. The van der Waals surface area contributed by atoms with Crippen LogP contribution in [-0.4, -0.2) is 22.3 Å². The second kappa shape index (κ2) is 9.79. The maximum absolute atomic E-state index is 14.1. The SMILES string of the molecule is Cc1ccccc1NC(=O)C1(N(C(=O)Cc2c[nH]c3ccccc23)c2ccccc2)CCCCC1. The van der Waals surface area contributed by atoms with Crippen LogP contribution in [0, 0.1) is 6.92 Å². The van der Waals surface area contributed by atoms with Crippen molar-refractivity contribution < 1.29 is 9.59 Å². The van der Waals surface area contributed by atoms with Crippen molar-refractivity contribution in [1.29, 1.82) is 0 Å². The van der Waals surface area contributed by atoms with Crippen molar-refractivity contribution in [3.63, 3.8) is 0 Å². The summed E-state index contributed by atoms with van der Waals surface area (Å²) >= 11 is 0. The molecule has 5 nitrogen and oxygen atoms in total. The van der Waals surface area contributed by atoms with E-state index >= 15 is 0 Å². The smallest absolute Gasteiger partial charge is 0.250 e. The lowest BCUT2D eigenvalue weighted by atomic mass is 9.78. The molecular weight excluding hydrogens is 434 g/mol. The highest BCUT2D eigenvalue weighted by atomic mass is 16.2. The average Bonchev–Trinajstić information content (AvgIpc) is 3.29. The van der Waals surface area contributed by atoms with Gasteiger partial charge >= 0.3 is 0 Å². The van der Waals surface area contributed by atoms with Crippen LogP contribution in [0.4, 0.5) is 11.4 Å². The first-order valence-corrected chi connectivity index (χ1v) is 12.4. The molecule has 5 heteroatoms. The highest BCUT2D eigenvalue weighted by Crippen LogP contribution is 2.39. The monoisotopic (exact) mass is 465 g/mol. The van der Waals surface area contributed by atoms with Crippen LogP contribution in [-0.2, 0) is 16.0 Å². The van der Waals surface area contributed by atoms with E-state index in [0.29, 0.717) is 12.8 Å². The van der Waals surface area contributed by atoms with Crippen molar-refractivity contribution in [2.45, 2.75) is 51.0 Å². The number of aromatic amines is 1. The number of anilines is 2. The predicted molar refractivity (Wildman–Crippen MR) is 142 cm³/mol. The first-order valence-electron chi connectivity index (χ1n) is 12.4. The van der Waals surface area contributed by atoms with Gasteiger partial charge in [0.1, 0.15) is 5.54 Å². The van der Waals surface area contributed by atoms with Crippen molar-refractivity contribution in [2.75, 3.05) is 10.2 Å². The quantitative estimate of drug-likeness (QED) is 0.346. The zero-order valence-corrected chi connectivity index (χ0v) is 20.1. The Bertz CT molecular complexity index is 1340. The first-order chi connectivity index (χ1) is 17.1. The fourth-order valence-corrected chi connectivity index (χ4v) is 5.37. The number of aryl methyl sites for hydroxylation is 1. The van der Waals surface area contributed by atoms with Crippen LogP contribution in [0.1, 0.15) is 43.2 Å². The number of hydrogen-bond acceptors (Lipinski definition) is 2. The zero-order valence-electron chi connectivity index (χ0n) is 20.1. The van der Waals surface area contributed by atoms with E-state index in [4.69, 9.17) is 0 Å². The minimum atomic E-state index is -0.939. The summed E-state index contributed by atoms with van der Waals surface area (Å²) in [5, 5.41) is 4.21. The number of carbonyl (C=O) groups excluding carboxylic acids is 2. The molecule has 0 unspecified atom stereocenters. The molecule has 4 aromatic rings. The Hall–Kier alpha value is -3.86. The molecule has 0 aliphatic heterocycles. The Kier molecular flexibility index (Phi) is 6.41. The van der Waals surface area contributed by atoms with E-state index in [1.165, 1.54) is 0 Å². The molecule has 0 bridgehead atoms. The normalized spacial score (nSPS) is 15.0. The third-order valence-corrected chi connectivity index (χ3v) is 7.21. The minimum Gasteiger partial charge on any atom is -0.361 e. The number of para-hydroxylation sites is 3. The van der Waals surface area contributed by atoms with Gasteiger partial charge in [-0.25, -0.2) is 0 Å². The second-order valence-electron chi connectivity index (χ2n) is 9.46. The topological polar surface area (TPSA) is 65.2 Å². The molecule has 178 valence electrons. The fourth-order valence-electron chi connectivity index (χ4n) is 5.37. The Labute approximate surface area is 206 Å². The van der Waals surface area contributed by atoms with Crippen LogP contribution in [0.5, 0.6) is 0 Å². The molecule has 1 aromatic heterocycles. The Morgan fingerprint density at radius 2 is 1.57 bits per heavy atom. The van der Waals surface area contributed by atoms with Crippen LogP contribution in [0.3, 0.4) is 0 Å². The fraction of sp³-hybridized carbons (Fsp3) is 0.267. The van der Waals surface area contributed by atoms with Crippen LogP contribution in [0.2, 0.25) is 0 Å². The Morgan fingerprint density at radius 3 is 2.34 bits per heavy atom. The van der Waals surface area contributed by atoms with Gasteiger partial charge in [-0.15, -0.1) is 0 Å². The van der Waals surface area contributed by atoms with Gasteiger partial charge in [0.2, 0.25) is 5.91 Å². The molecule has 2 amide bonds. The van der Waals surface area contributed by atoms with E-state index in [1.807, 2.05) is 92.0 Å². The van der Waals surface area contributed by atoms with Crippen LogP contribution < -0.4 is 10.2 Å². The molecule has 1 fully saturated rings. The molecule has 35 heavy (non-hydrogen) atoms. The van der Waals surface area contributed by atoms with Gasteiger partial charge in [0.05, 0.1) is 6.42 Å². The molecule has 0 saturated heterocycles. The van der Waals surface area contributed by atoms with Gasteiger partial charge in [0.25, 0.3) is 5.91 Å². The van der Waals surface area contributed by atoms with Crippen molar-refractivity contribution in [1.82, 2.24) is 4.98 Å².